The van der Waals surface area contributed by atoms with E-state index in [0.717, 1.165) is 0 Å². The van der Waals surface area contributed by atoms with Crippen molar-refractivity contribution in [1.82, 2.24) is 0 Å². The van der Waals surface area contributed by atoms with Gasteiger partial charge in [0.2, 0.25) is 28.7 Å². The van der Waals surface area contributed by atoms with Gasteiger partial charge in [-0.1, -0.05) is 0 Å². The summed E-state index contributed by atoms with van der Waals surface area (Å²) in [4.78, 5) is 0. The van der Waals surface area contributed by atoms with Crippen molar-refractivity contribution in [3.63, 3.8) is 0 Å². The zero-order valence-corrected chi connectivity index (χ0v) is 14.4. The Bertz CT molecular complexity index is 892. The molecule has 0 radical (unpaired) electrons. The molecule has 0 saturated heterocycles. The Morgan fingerprint density at radius 1 is 0.429 bits per heavy atom. The minimum atomic E-state index is -4.41. The molecule has 14 heteroatoms. The van der Waals surface area contributed by atoms with Crippen molar-refractivity contribution in [2.75, 3.05) is 0 Å². The van der Waals surface area contributed by atoms with Crippen LogP contribution in [0, 0.1) is 16.2 Å². The second-order valence-corrected chi connectivity index (χ2v) is 9.30. The lowest BCUT2D eigenvalue weighted by Gasteiger charge is -2.81. The summed E-state index contributed by atoms with van der Waals surface area (Å²) in [6.07, 6.45) is 0. The number of aliphatic hydroxyl groups is 13. The van der Waals surface area contributed by atoms with Gasteiger partial charge in [-0.05, 0) is 13.8 Å². The second-order valence-electron chi connectivity index (χ2n) is 9.30. The monoisotopic (exact) mass is 411 g/mol. The zero-order valence-electron chi connectivity index (χ0n) is 14.4. The Hall–Kier alpha value is -0.560. The number of rotatable bonds is 0. The maximum Gasteiger partial charge on any atom is 0.221 e. The Morgan fingerprint density at radius 2 is 0.821 bits per heavy atom. The average molecular weight is 411 g/mol. The summed E-state index contributed by atoms with van der Waals surface area (Å²) in [5, 5.41) is 140. The lowest BCUT2D eigenvalue weighted by atomic mass is 9.30. The molecule has 5 rings (SSSR count). The fourth-order valence-corrected chi connectivity index (χ4v) is 8.11. The van der Waals surface area contributed by atoms with Crippen molar-refractivity contribution in [2.45, 2.75) is 65.1 Å². The van der Waals surface area contributed by atoms with Crippen molar-refractivity contribution < 1.29 is 66.4 Å². The Balaban J connectivity index is 2.13. The van der Waals surface area contributed by atoms with E-state index in [1.807, 2.05) is 0 Å². The zero-order chi connectivity index (χ0) is 22.0. The van der Waals surface area contributed by atoms with Crippen molar-refractivity contribution in [3.05, 3.63) is 0 Å². The third-order valence-electron chi connectivity index (χ3n) is 9.51. The summed E-state index contributed by atoms with van der Waals surface area (Å²) in [5.41, 5.74) is -19.6. The number of nitrogens with two attached hydrogens (primary N) is 1. The summed E-state index contributed by atoms with van der Waals surface area (Å²) in [7, 11) is 0. The average Bonchev–Trinajstić information content (AvgIpc) is 2.97. The van der Waals surface area contributed by atoms with E-state index in [-0.39, 0.29) is 0 Å². The molecule has 0 aromatic heterocycles. The minimum Gasteiger partial charge on any atom is -0.382 e. The summed E-state index contributed by atoms with van der Waals surface area (Å²) >= 11 is 0. The molecule has 5 saturated carbocycles. The van der Waals surface area contributed by atoms with E-state index in [2.05, 4.69) is 0 Å². The second kappa shape index (κ2) is 3.35. The van der Waals surface area contributed by atoms with Gasteiger partial charge in [0.25, 0.3) is 0 Å². The highest BCUT2D eigenvalue weighted by atomic mass is 16.6. The van der Waals surface area contributed by atoms with Crippen LogP contribution in [0.2, 0.25) is 0 Å². The van der Waals surface area contributed by atoms with Crippen LogP contribution in [0.3, 0.4) is 0 Å². The fraction of sp³-hybridized carbons (Fsp3) is 1.00. The third-order valence-corrected chi connectivity index (χ3v) is 9.51. The van der Waals surface area contributed by atoms with Crippen LogP contribution >= 0.6 is 0 Å². The van der Waals surface area contributed by atoms with Crippen LogP contribution in [0.25, 0.3) is 0 Å². The highest BCUT2D eigenvalue weighted by Crippen LogP contribution is 3.05. The van der Waals surface area contributed by atoms with Gasteiger partial charge >= 0.3 is 0 Å². The first-order valence-electron chi connectivity index (χ1n) is 8.20. The molecule has 0 aromatic carbocycles. The molecule has 160 valence electrons. The van der Waals surface area contributed by atoms with Gasteiger partial charge in [0.05, 0.1) is 10.8 Å². The number of hydrogen-bond acceptors (Lipinski definition) is 14. The summed E-state index contributed by atoms with van der Waals surface area (Å²) in [5.74, 6) is -20.6. The van der Waals surface area contributed by atoms with E-state index in [1.165, 1.54) is 0 Å². The fourth-order valence-electron chi connectivity index (χ4n) is 8.11. The van der Waals surface area contributed by atoms with Crippen molar-refractivity contribution >= 4 is 0 Å². The van der Waals surface area contributed by atoms with Gasteiger partial charge in [-0.25, -0.2) is 0 Å². The maximum atomic E-state index is 11.2. The third kappa shape index (κ3) is 0.760. The first-order valence-corrected chi connectivity index (χ1v) is 8.20. The van der Waals surface area contributed by atoms with E-state index in [4.69, 9.17) is 5.73 Å². The van der Waals surface area contributed by atoms with Crippen LogP contribution in [0.1, 0.15) is 13.8 Å². The lowest BCUT2D eigenvalue weighted by Crippen LogP contribution is -3.07. The van der Waals surface area contributed by atoms with Gasteiger partial charge in [0.15, 0.2) is 17.0 Å². The van der Waals surface area contributed by atoms with E-state index in [9.17, 15) is 66.4 Å². The molecule has 0 heterocycles. The van der Waals surface area contributed by atoms with Crippen LogP contribution in [-0.2, 0) is 0 Å². The maximum absolute atomic E-state index is 11.2. The molecular formula is C14H21NO13. The predicted octanol–water partition coefficient (Wildman–Crippen LogP) is -8.65. The van der Waals surface area contributed by atoms with Crippen LogP contribution in [0.4, 0.5) is 0 Å². The van der Waals surface area contributed by atoms with Gasteiger partial charge in [-0.3, -0.25) is 0 Å². The molecule has 0 aliphatic heterocycles. The van der Waals surface area contributed by atoms with Crippen LogP contribution in [0.5, 0.6) is 0 Å². The number of fused-ring (bicyclic) bond motifs is 4. The molecule has 7 atom stereocenters. The van der Waals surface area contributed by atoms with Crippen molar-refractivity contribution in [3.8, 4) is 0 Å². The SMILES string of the molecule is CC12C(O)(O)C3(C)C(O)(O)C(O)(C1(O)O)C1(O)C4(O)C(O)(O)C(N)(C2(O)O)C341. The van der Waals surface area contributed by atoms with E-state index in [1.54, 1.807) is 0 Å². The molecule has 0 amide bonds. The summed E-state index contributed by atoms with van der Waals surface area (Å²) < 4.78 is 0. The molecule has 28 heavy (non-hydrogen) atoms. The molecular weight excluding hydrogens is 390 g/mol. The predicted molar refractivity (Wildman–Crippen MR) is 76.3 cm³/mol. The molecule has 5 aliphatic carbocycles. The molecule has 14 nitrogen and oxygen atoms in total. The topological polar surface area (TPSA) is 289 Å². The first kappa shape index (κ1) is 19.4. The molecule has 15 N–H and O–H groups in total. The van der Waals surface area contributed by atoms with Gasteiger partial charge < -0.3 is 72.1 Å². The summed E-state index contributed by atoms with van der Waals surface area (Å²) in [6.45, 7) is 0.877. The van der Waals surface area contributed by atoms with Crippen LogP contribution in [-0.4, -0.2) is 118 Å². The van der Waals surface area contributed by atoms with Crippen molar-refractivity contribution in [1.29, 1.82) is 0 Å². The molecule has 5 aliphatic rings. The minimum absolute atomic E-state index is 0.342. The van der Waals surface area contributed by atoms with Crippen LogP contribution < -0.4 is 5.73 Å². The van der Waals surface area contributed by atoms with Gasteiger partial charge in [-0.2, -0.15) is 0 Å². The van der Waals surface area contributed by atoms with Gasteiger partial charge in [0, 0.05) is 0 Å². The Kier molecular flexibility index (Phi) is 2.32. The molecule has 1 spiro atoms. The van der Waals surface area contributed by atoms with Gasteiger partial charge in [0.1, 0.15) is 11.0 Å². The Morgan fingerprint density at radius 3 is 1.25 bits per heavy atom. The number of hydrogen-bond donors (Lipinski definition) is 14. The molecule has 3 bridgehead atoms. The standard InChI is InChI=1S/C14H21NO13/c1-3-5-6(15)11(21,22)4(2,10(3,19)20)13(25,26)9(18,12(3,23)24)7(5,16)8(5,17)14(6,27)28/h16-28H,15H2,1-2H3. The highest BCUT2D eigenvalue weighted by molar-refractivity contribution is 5.74. The quantitative estimate of drug-likeness (QED) is 0.165. The highest BCUT2D eigenvalue weighted by Gasteiger charge is 3.31. The van der Waals surface area contributed by atoms with E-state index >= 15 is 0 Å². The Labute approximate surface area is 154 Å². The van der Waals surface area contributed by atoms with Crippen LogP contribution in [0.15, 0.2) is 0 Å². The smallest absolute Gasteiger partial charge is 0.221 e. The largest absolute Gasteiger partial charge is 0.382 e. The molecule has 0 aromatic rings. The molecule has 5 fully saturated rings. The van der Waals surface area contributed by atoms with E-state index in [0.29, 0.717) is 13.8 Å². The lowest BCUT2D eigenvalue weighted by molar-refractivity contribution is -0.617. The normalized spacial score (nSPS) is 66.9. The van der Waals surface area contributed by atoms with Crippen molar-refractivity contribution in [2.24, 2.45) is 22.0 Å². The van der Waals surface area contributed by atoms with E-state index < -0.39 is 67.5 Å². The first-order chi connectivity index (χ1) is 12.0. The van der Waals surface area contributed by atoms with Gasteiger partial charge in [-0.15, -0.1) is 0 Å². The molecule has 7 unspecified atom stereocenters. The summed E-state index contributed by atoms with van der Waals surface area (Å²) in [6, 6.07) is 0.